The van der Waals surface area contributed by atoms with E-state index >= 15 is 0 Å². The van der Waals surface area contributed by atoms with Gasteiger partial charge < -0.3 is 10.6 Å². The van der Waals surface area contributed by atoms with E-state index in [2.05, 4.69) is 31.5 Å². The first kappa shape index (κ1) is 22.3. The summed E-state index contributed by atoms with van der Waals surface area (Å²) in [6, 6.07) is 13.8. The van der Waals surface area contributed by atoms with E-state index in [4.69, 9.17) is 0 Å². The molecule has 0 spiro atoms. The standard InChI is InChI=1S/C17H18BrN3OS.2ClH/c18-12-3-1-4-14(11-12)23-16-6-2-5-15(21-16)17(22)20-13-7-9-19-10-8-13;;/h1-6,11,13,19H,7-10H2,(H,20,22);2*1H. The van der Waals surface area contributed by atoms with Crippen molar-refractivity contribution in [1.82, 2.24) is 15.6 Å². The van der Waals surface area contributed by atoms with Crippen molar-refractivity contribution < 1.29 is 4.79 Å². The Labute approximate surface area is 172 Å². The normalized spacial score (nSPS) is 14.1. The number of hydrogen-bond acceptors (Lipinski definition) is 4. The summed E-state index contributed by atoms with van der Waals surface area (Å²) in [5.74, 6) is -0.0893. The van der Waals surface area contributed by atoms with Crippen LogP contribution in [0.25, 0.3) is 0 Å². The number of halogens is 3. The van der Waals surface area contributed by atoms with E-state index in [-0.39, 0.29) is 36.8 Å². The van der Waals surface area contributed by atoms with E-state index in [1.165, 1.54) is 0 Å². The highest BCUT2D eigenvalue weighted by molar-refractivity contribution is 9.10. The molecule has 0 saturated carbocycles. The molecule has 0 bridgehead atoms. The van der Waals surface area contributed by atoms with Gasteiger partial charge in [0.1, 0.15) is 10.7 Å². The zero-order valence-corrected chi connectivity index (χ0v) is 17.4. The van der Waals surface area contributed by atoms with Gasteiger partial charge in [0.05, 0.1) is 0 Å². The topological polar surface area (TPSA) is 54.0 Å². The van der Waals surface area contributed by atoms with E-state index in [1.54, 1.807) is 17.8 Å². The van der Waals surface area contributed by atoms with Crippen molar-refractivity contribution in [3.8, 4) is 0 Å². The van der Waals surface area contributed by atoms with Gasteiger partial charge in [-0.1, -0.05) is 39.8 Å². The van der Waals surface area contributed by atoms with Crippen LogP contribution in [0.15, 0.2) is 56.9 Å². The van der Waals surface area contributed by atoms with Gasteiger partial charge in [-0.15, -0.1) is 24.8 Å². The molecule has 0 aliphatic carbocycles. The average Bonchev–Trinajstić information content (AvgIpc) is 2.56. The predicted octanol–water partition coefficient (Wildman–Crippen LogP) is 4.32. The number of hydrogen-bond donors (Lipinski definition) is 2. The molecule has 2 heterocycles. The van der Waals surface area contributed by atoms with Gasteiger partial charge in [-0.25, -0.2) is 4.98 Å². The summed E-state index contributed by atoms with van der Waals surface area (Å²) in [5.41, 5.74) is 0.475. The Morgan fingerprint density at radius 2 is 1.88 bits per heavy atom. The summed E-state index contributed by atoms with van der Waals surface area (Å²) in [5, 5.41) is 7.19. The number of rotatable bonds is 4. The van der Waals surface area contributed by atoms with Crippen LogP contribution in [-0.2, 0) is 0 Å². The van der Waals surface area contributed by atoms with Crippen molar-refractivity contribution in [2.24, 2.45) is 0 Å². The maximum Gasteiger partial charge on any atom is 0.270 e. The Bertz CT molecular complexity index is 699. The van der Waals surface area contributed by atoms with E-state index < -0.39 is 0 Å². The van der Waals surface area contributed by atoms with Crippen LogP contribution in [0.3, 0.4) is 0 Å². The smallest absolute Gasteiger partial charge is 0.270 e. The maximum atomic E-state index is 12.4. The minimum Gasteiger partial charge on any atom is -0.348 e. The fourth-order valence-electron chi connectivity index (χ4n) is 2.47. The summed E-state index contributed by atoms with van der Waals surface area (Å²) in [7, 11) is 0. The van der Waals surface area contributed by atoms with Crippen LogP contribution >= 0.6 is 52.5 Å². The third-order valence-electron chi connectivity index (χ3n) is 3.65. The molecular formula is C17H20BrCl2N3OS. The van der Waals surface area contributed by atoms with Gasteiger partial charge in [0.15, 0.2) is 0 Å². The van der Waals surface area contributed by atoms with Crippen LogP contribution in [0, 0.1) is 0 Å². The molecular weight excluding hydrogens is 445 g/mol. The Morgan fingerprint density at radius 1 is 1.16 bits per heavy atom. The van der Waals surface area contributed by atoms with Crippen molar-refractivity contribution in [2.45, 2.75) is 28.8 Å². The predicted molar refractivity (Wildman–Crippen MR) is 110 cm³/mol. The van der Waals surface area contributed by atoms with Gasteiger partial charge in [-0.05, 0) is 56.3 Å². The fraction of sp³-hybridized carbons (Fsp3) is 0.294. The second kappa shape index (κ2) is 11.0. The molecule has 1 fully saturated rings. The SMILES string of the molecule is Cl.Cl.O=C(NC1CCNCC1)c1cccc(Sc2cccc(Br)c2)n1. The number of benzene rings is 1. The average molecular weight is 465 g/mol. The minimum atomic E-state index is -0.0893. The number of piperidine rings is 1. The molecule has 0 unspecified atom stereocenters. The van der Waals surface area contributed by atoms with E-state index in [1.807, 2.05) is 36.4 Å². The van der Waals surface area contributed by atoms with E-state index in [0.717, 1.165) is 40.3 Å². The number of amides is 1. The van der Waals surface area contributed by atoms with Crippen LogP contribution < -0.4 is 10.6 Å². The van der Waals surface area contributed by atoms with Crippen molar-refractivity contribution >= 4 is 58.4 Å². The molecule has 3 rings (SSSR count). The second-order valence-electron chi connectivity index (χ2n) is 5.42. The molecule has 2 N–H and O–H groups in total. The summed E-state index contributed by atoms with van der Waals surface area (Å²) in [4.78, 5) is 17.9. The summed E-state index contributed by atoms with van der Waals surface area (Å²) >= 11 is 5.01. The van der Waals surface area contributed by atoms with Gasteiger partial charge in [-0.2, -0.15) is 0 Å². The Balaban J connectivity index is 0.00000156. The van der Waals surface area contributed by atoms with Crippen LogP contribution in [0.2, 0.25) is 0 Å². The number of carbonyl (C=O) groups excluding carboxylic acids is 1. The van der Waals surface area contributed by atoms with E-state index in [0.29, 0.717) is 5.69 Å². The number of nitrogens with one attached hydrogen (secondary N) is 2. The number of pyridine rings is 1. The Hall–Kier alpha value is -0.790. The van der Waals surface area contributed by atoms with Crippen LogP contribution in [0.4, 0.5) is 0 Å². The minimum absolute atomic E-state index is 0. The van der Waals surface area contributed by atoms with Gasteiger partial charge in [0, 0.05) is 15.4 Å². The first-order valence-electron chi connectivity index (χ1n) is 7.63. The van der Waals surface area contributed by atoms with Crippen molar-refractivity contribution in [2.75, 3.05) is 13.1 Å². The lowest BCUT2D eigenvalue weighted by molar-refractivity contribution is 0.0924. The Kier molecular flexibility index (Phi) is 9.82. The van der Waals surface area contributed by atoms with Gasteiger partial charge in [0.25, 0.3) is 5.91 Å². The highest BCUT2D eigenvalue weighted by Gasteiger charge is 2.17. The molecule has 1 aliphatic heterocycles. The number of nitrogens with zero attached hydrogens (tertiary/aromatic N) is 1. The van der Waals surface area contributed by atoms with Crippen LogP contribution in [-0.4, -0.2) is 30.0 Å². The summed E-state index contributed by atoms with van der Waals surface area (Å²) in [6.07, 6.45) is 1.94. The summed E-state index contributed by atoms with van der Waals surface area (Å²) < 4.78 is 1.03. The molecule has 2 aromatic rings. The lowest BCUT2D eigenvalue weighted by Gasteiger charge is -2.23. The Morgan fingerprint density at radius 3 is 2.60 bits per heavy atom. The zero-order valence-electron chi connectivity index (χ0n) is 13.4. The largest absolute Gasteiger partial charge is 0.348 e. The van der Waals surface area contributed by atoms with Gasteiger partial charge >= 0.3 is 0 Å². The molecule has 1 aromatic heterocycles. The highest BCUT2D eigenvalue weighted by Crippen LogP contribution is 2.28. The summed E-state index contributed by atoms with van der Waals surface area (Å²) in [6.45, 7) is 1.91. The van der Waals surface area contributed by atoms with E-state index in [9.17, 15) is 4.79 Å². The number of carbonyl (C=O) groups is 1. The molecule has 1 saturated heterocycles. The van der Waals surface area contributed by atoms with Crippen molar-refractivity contribution in [1.29, 1.82) is 0 Å². The first-order valence-corrected chi connectivity index (χ1v) is 9.24. The molecule has 1 aromatic carbocycles. The number of aromatic nitrogens is 1. The van der Waals surface area contributed by atoms with Crippen LogP contribution in [0.5, 0.6) is 0 Å². The van der Waals surface area contributed by atoms with Crippen LogP contribution in [0.1, 0.15) is 23.3 Å². The molecule has 25 heavy (non-hydrogen) atoms. The van der Waals surface area contributed by atoms with Crippen molar-refractivity contribution in [3.63, 3.8) is 0 Å². The molecule has 4 nitrogen and oxygen atoms in total. The third-order valence-corrected chi connectivity index (χ3v) is 5.07. The lowest BCUT2D eigenvalue weighted by atomic mass is 10.1. The van der Waals surface area contributed by atoms with Gasteiger partial charge in [0.2, 0.25) is 0 Å². The third kappa shape index (κ3) is 6.79. The van der Waals surface area contributed by atoms with Gasteiger partial charge in [-0.3, -0.25) is 4.79 Å². The lowest BCUT2D eigenvalue weighted by Crippen LogP contribution is -2.42. The quantitative estimate of drug-likeness (QED) is 0.707. The molecule has 0 atom stereocenters. The molecule has 1 aliphatic rings. The second-order valence-corrected chi connectivity index (χ2v) is 7.43. The first-order chi connectivity index (χ1) is 11.2. The molecule has 8 heteroatoms. The molecule has 0 radical (unpaired) electrons. The zero-order chi connectivity index (χ0) is 16.1. The fourth-order valence-corrected chi connectivity index (χ4v) is 3.89. The molecule has 1 amide bonds. The van der Waals surface area contributed by atoms with Crippen molar-refractivity contribution in [3.05, 3.63) is 52.6 Å². The molecule has 136 valence electrons. The highest BCUT2D eigenvalue weighted by atomic mass is 79.9. The maximum absolute atomic E-state index is 12.4. The monoisotopic (exact) mass is 463 g/mol.